The number of Topliss-reactive ketones (excluding diaryl/α,β-unsaturated/α-hetero) is 1. The maximum Gasteiger partial charge on any atom is 0.200 e. The van der Waals surface area contributed by atoms with Crippen LogP contribution in [0.25, 0.3) is 0 Å². The summed E-state index contributed by atoms with van der Waals surface area (Å²) in [7, 11) is 0. The van der Waals surface area contributed by atoms with Crippen molar-refractivity contribution in [3.05, 3.63) is 63.7 Å². The predicted molar refractivity (Wildman–Crippen MR) is 81.9 cm³/mol. The van der Waals surface area contributed by atoms with Crippen LogP contribution in [0.4, 0.5) is 0 Å². The Kier molecular flexibility index (Phi) is 4.46. The van der Waals surface area contributed by atoms with Crippen LogP contribution in [0.15, 0.2) is 36.4 Å². The second-order valence-electron chi connectivity index (χ2n) is 4.93. The standard InChI is InChI=1S/C17H17ClO2/c1-11-7-12(2)13(3)17(8-11)20-10-16(19)14-5-4-6-15(18)9-14/h4-9H,10H2,1-3H3. The molecule has 0 atom stereocenters. The first-order valence-electron chi connectivity index (χ1n) is 6.47. The Hall–Kier alpha value is -1.80. The van der Waals surface area contributed by atoms with E-state index in [1.165, 1.54) is 0 Å². The average molecular weight is 289 g/mol. The Morgan fingerprint density at radius 3 is 2.60 bits per heavy atom. The minimum atomic E-state index is -0.0777. The first-order chi connectivity index (χ1) is 9.47. The van der Waals surface area contributed by atoms with Crippen LogP contribution in [-0.4, -0.2) is 12.4 Å². The maximum atomic E-state index is 12.1. The van der Waals surface area contributed by atoms with E-state index < -0.39 is 0 Å². The Bertz CT molecular complexity index is 647. The molecule has 0 saturated carbocycles. The van der Waals surface area contributed by atoms with Crippen molar-refractivity contribution in [2.24, 2.45) is 0 Å². The van der Waals surface area contributed by atoms with Gasteiger partial charge >= 0.3 is 0 Å². The van der Waals surface area contributed by atoms with Crippen molar-refractivity contribution in [2.75, 3.05) is 6.61 Å². The van der Waals surface area contributed by atoms with E-state index in [0.29, 0.717) is 10.6 Å². The molecule has 2 aromatic rings. The third kappa shape index (κ3) is 3.40. The van der Waals surface area contributed by atoms with E-state index in [-0.39, 0.29) is 12.4 Å². The van der Waals surface area contributed by atoms with Gasteiger partial charge in [0.25, 0.3) is 0 Å². The quantitative estimate of drug-likeness (QED) is 0.773. The van der Waals surface area contributed by atoms with Crippen LogP contribution in [0, 0.1) is 20.8 Å². The minimum absolute atomic E-state index is 0.0179. The van der Waals surface area contributed by atoms with Crippen LogP contribution in [0.1, 0.15) is 27.0 Å². The fraction of sp³-hybridized carbons (Fsp3) is 0.235. The number of hydrogen-bond donors (Lipinski definition) is 0. The summed E-state index contributed by atoms with van der Waals surface area (Å²) < 4.78 is 5.66. The zero-order chi connectivity index (χ0) is 14.7. The highest BCUT2D eigenvalue weighted by atomic mass is 35.5. The molecule has 0 N–H and O–H groups in total. The molecule has 3 heteroatoms. The molecular weight excluding hydrogens is 272 g/mol. The van der Waals surface area contributed by atoms with E-state index in [9.17, 15) is 4.79 Å². The first-order valence-corrected chi connectivity index (χ1v) is 6.84. The number of ketones is 1. The molecule has 0 radical (unpaired) electrons. The summed E-state index contributed by atoms with van der Waals surface area (Å²) >= 11 is 5.88. The van der Waals surface area contributed by atoms with E-state index >= 15 is 0 Å². The highest BCUT2D eigenvalue weighted by molar-refractivity contribution is 6.31. The molecule has 0 heterocycles. The van der Waals surface area contributed by atoms with Gasteiger partial charge in [0, 0.05) is 10.6 Å². The molecule has 104 valence electrons. The van der Waals surface area contributed by atoms with Gasteiger partial charge in [-0.3, -0.25) is 4.79 Å². The summed E-state index contributed by atoms with van der Waals surface area (Å²) in [4.78, 5) is 12.1. The number of rotatable bonds is 4. The molecule has 0 unspecified atom stereocenters. The van der Waals surface area contributed by atoms with Crippen LogP contribution in [0.2, 0.25) is 5.02 Å². The van der Waals surface area contributed by atoms with E-state index in [0.717, 1.165) is 22.4 Å². The molecule has 2 rings (SSSR count). The summed E-state index contributed by atoms with van der Waals surface area (Å²) in [6, 6.07) is 11.0. The van der Waals surface area contributed by atoms with E-state index in [1.54, 1.807) is 24.3 Å². The smallest absolute Gasteiger partial charge is 0.200 e. The van der Waals surface area contributed by atoms with Crippen molar-refractivity contribution in [3.8, 4) is 5.75 Å². The summed E-state index contributed by atoms with van der Waals surface area (Å²) in [5.74, 6) is 0.684. The normalized spacial score (nSPS) is 10.4. The lowest BCUT2D eigenvalue weighted by atomic mass is 10.1. The minimum Gasteiger partial charge on any atom is -0.485 e. The molecule has 0 saturated heterocycles. The van der Waals surface area contributed by atoms with E-state index in [2.05, 4.69) is 6.07 Å². The van der Waals surface area contributed by atoms with Crippen LogP contribution in [-0.2, 0) is 0 Å². The molecule has 0 bridgehead atoms. The summed E-state index contributed by atoms with van der Waals surface area (Å²) in [6.07, 6.45) is 0. The van der Waals surface area contributed by atoms with Gasteiger partial charge in [-0.2, -0.15) is 0 Å². The summed E-state index contributed by atoms with van der Waals surface area (Å²) in [5, 5.41) is 0.554. The Morgan fingerprint density at radius 2 is 1.90 bits per heavy atom. The van der Waals surface area contributed by atoms with E-state index in [1.807, 2.05) is 26.8 Å². The van der Waals surface area contributed by atoms with Crippen molar-refractivity contribution in [1.82, 2.24) is 0 Å². The number of carbonyl (C=O) groups is 1. The van der Waals surface area contributed by atoms with Crippen molar-refractivity contribution in [2.45, 2.75) is 20.8 Å². The van der Waals surface area contributed by atoms with Gasteiger partial charge in [0.05, 0.1) is 0 Å². The highest BCUT2D eigenvalue weighted by Crippen LogP contribution is 2.23. The van der Waals surface area contributed by atoms with Gasteiger partial charge in [0.1, 0.15) is 5.75 Å². The average Bonchev–Trinajstić information content (AvgIpc) is 2.40. The van der Waals surface area contributed by atoms with Gasteiger partial charge in [-0.05, 0) is 55.7 Å². The zero-order valence-electron chi connectivity index (χ0n) is 11.9. The third-order valence-electron chi connectivity index (χ3n) is 3.27. The lowest BCUT2D eigenvalue weighted by Crippen LogP contribution is -2.12. The molecule has 0 spiro atoms. The first kappa shape index (κ1) is 14.6. The second-order valence-corrected chi connectivity index (χ2v) is 5.36. The van der Waals surface area contributed by atoms with Gasteiger partial charge in [0.15, 0.2) is 12.4 Å². The van der Waals surface area contributed by atoms with Crippen LogP contribution >= 0.6 is 11.6 Å². The molecule has 2 aromatic carbocycles. The maximum absolute atomic E-state index is 12.1. The van der Waals surface area contributed by atoms with Gasteiger partial charge in [-0.1, -0.05) is 29.8 Å². The SMILES string of the molecule is Cc1cc(C)c(C)c(OCC(=O)c2cccc(Cl)c2)c1. The Morgan fingerprint density at radius 1 is 1.15 bits per heavy atom. The van der Waals surface area contributed by atoms with Crippen molar-refractivity contribution in [1.29, 1.82) is 0 Å². The zero-order valence-corrected chi connectivity index (χ0v) is 12.6. The third-order valence-corrected chi connectivity index (χ3v) is 3.50. The molecule has 0 aromatic heterocycles. The van der Waals surface area contributed by atoms with Gasteiger partial charge in [-0.15, -0.1) is 0 Å². The number of carbonyl (C=O) groups excluding carboxylic acids is 1. The fourth-order valence-electron chi connectivity index (χ4n) is 2.04. The predicted octanol–water partition coefficient (Wildman–Crippen LogP) is 4.53. The molecule has 0 aliphatic rings. The summed E-state index contributed by atoms with van der Waals surface area (Å²) in [5.41, 5.74) is 3.92. The molecule has 0 fully saturated rings. The summed E-state index contributed by atoms with van der Waals surface area (Å²) in [6.45, 7) is 6.06. The van der Waals surface area contributed by atoms with Crippen molar-refractivity contribution in [3.63, 3.8) is 0 Å². The molecule has 2 nitrogen and oxygen atoms in total. The lowest BCUT2D eigenvalue weighted by molar-refractivity contribution is 0.0921. The van der Waals surface area contributed by atoms with Crippen LogP contribution < -0.4 is 4.74 Å². The van der Waals surface area contributed by atoms with Crippen LogP contribution in [0.3, 0.4) is 0 Å². The lowest BCUT2D eigenvalue weighted by Gasteiger charge is -2.12. The van der Waals surface area contributed by atoms with E-state index in [4.69, 9.17) is 16.3 Å². The highest BCUT2D eigenvalue weighted by Gasteiger charge is 2.09. The van der Waals surface area contributed by atoms with Crippen molar-refractivity contribution >= 4 is 17.4 Å². The molecular formula is C17H17ClO2. The second kappa shape index (κ2) is 6.10. The number of halogens is 1. The Balaban J connectivity index is 2.11. The van der Waals surface area contributed by atoms with Crippen molar-refractivity contribution < 1.29 is 9.53 Å². The fourth-order valence-corrected chi connectivity index (χ4v) is 2.23. The largest absolute Gasteiger partial charge is 0.485 e. The molecule has 0 aliphatic heterocycles. The monoisotopic (exact) mass is 288 g/mol. The molecule has 20 heavy (non-hydrogen) atoms. The number of aryl methyl sites for hydroxylation is 2. The van der Waals surface area contributed by atoms with Gasteiger partial charge < -0.3 is 4.74 Å². The topological polar surface area (TPSA) is 26.3 Å². The molecule has 0 amide bonds. The molecule has 0 aliphatic carbocycles. The van der Waals surface area contributed by atoms with Gasteiger partial charge in [-0.25, -0.2) is 0 Å². The Labute approximate surface area is 124 Å². The van der Waals surface area contributed by atoms with Crippen LogP contribution in [0.5, 0.6) is 5.75 Å². The van der Waals surface area contributed by atoms with Gasteiger partial charge in [0.2, 0.25) is 0 Å². The number of ether oxygens (including phenoxy) is 1. The number of benzene rings is 2. The number of hydrogen-bond acceptors (Lipinski definition) is 2.